The number of piperidine rings is 1. The minimum absolute atomic E-state index is 0.0528. The summed E-state index contributed by atoms with van der Waals surface area (Å²) >= 11 is 0. The third-order valence-corrected chi connectivity index (χ3v) is 4.82. The Hall–Kier alpha value is -1.51. The molecule has 1 heterocycles. The lowest BCUT2D eigenvalue weighted by Crippen LogP contribution is -2.35. The average Bonchev–Trinajstić information content (AvgIpc) is 2.46. The average molecular weight is 299 g/mol. The van der Waals surface area contributed by atoms with Gasteiger partial charge in [0, 0.05) is 18.7 Å². The molecule has 0 bridgehead atoms. The van der Waals surface area contributed by atoms with E-state index in [0.717, 1.165) is 25.9 Å². The van der Waals surface area contributed by atoms with Crippen LogP contribution in [0.4, 0.5) is 5.69 Å². The maximum Gasteiger partial charge on any atom is 0.269 e. The van der Waals surface area contributed by atoms with Gasteiger partial charge in [-0.3, -0.25) is 10.1 Å². The zero-order valence-electron chi connectivity index (χ0n) is 10.9. The Morgan fingerprint density at radius 3 is 2.40 bits per heavy atom. The van der Waals surface area contributed by atoms with Gasteiger partial charge in [-0.25, -0.2) is 13.1 Å². The van der Waals surface area contributed by atoms with E-state index < -0.39 is 14.9 Å². The molecule has 20 heavy (non-hydrogen) atoms. The van der Waals surface area contributed by atoms with Crippen molar-refractivity contribution < 1.29 is 13.3 Å². The highest BCUT2D eigenvalue weighted by Gasteiger charge is 2.19. The molecular formula is C12H17N3O4S. The van der Waals surface area contributed by atoms with Gasteiger partial charge in [0.1, 0.15) is 0 Å². The van der Waals surface area contributed by atoms with Crippen molar-refractivity contribution in [2.75, 3.05) is 19.6 Å². The Kier molecular flexibility index (Phi) is 4.69. The van der Waals surface area contributed by atoms with Gasteiger partial charge in [-0.2, -0.15) is 0 Å². The fourth-order valence-corrected chi connectivity index (χ4v) is 3.26. The van der Waals surface area contributed by atoms with Gasteiger partial charge in [0.15, 0.2) is 0 Å². The van der Waals surface area contributed by atoms with Crippen LogP contribution in [0, 0.1) is 16.0 Å². The van der Waals surface area contributed by atoms with Crippen LogP contribution >= 0.6 is 0 Å². The van der Waals surface area contributed by atoms with Gasteiger partial charge in [0.05, 0.1) is 9.82 Å². The summed E-state index contributed by atoms with van der Waals surface area (Å²) in [7, 11) is -3.60. The Morgan fingerprint density at radius 1 is 1.25 bits per heavy atom. The molecule has 1 aliphatic heterocycles. The third kappa shape index (κ3) is 3.75. The monoisotopic (exact) mass is 299 g/mol. The first-order valence-corrected chi connectivity index (χ1v) is 7.92. The summed E-state index contributed by atoms with van der Waals surface area (Å²) in [6.45, 7) is 2.22. The van der Waals surface area contributed by atoms with Gasteiger partial charge in [0.2, 0.25) is 10.0 Å². The molecule has 0 atom stereocenters. The molecule has 2 N–H and O–H groups in total. The largest absolute Gasteiger partial charge is 0.317 e. The standard InChI is InChI=1S/C12H17N3O4S/c16-15(17)11-1-3-12(4-2-11)20(18,19)14-9-10-5-7-13-8-6-10/h1-4,10,13-14H,5-9H2. The highest BCUT2D eigenvalue weighted by molar-refractivity contribution is 7.89. The molecule has 1 aromatic carbocycles. The van der Waals surface area contributed by atoms with Gasteiger partial charge in [-0.1, -0.05) is 0 Å². The molecule has 1 fully saturated rings. The fraction of sp³-hybridized carbons (Fsp3) is 0.500. The number of nitro benzene ring substituents is 1. The van der Waals surface area contributed by atoms with Gasteiger partial charge in [-0.05, 0) is 44.0 Å². The first-order chi connectivity index (χ1) is 9.49. The molecule has 0 aliphatic carbocycles. The van der Waals surface area contributed by atoms with Crippen LogP contribution in [0.2, 0.25) is 0 Å². The van der Waals surface area contributed by atoms with Crippen LogP contribution in [0.25, 0.3) is 0 Å². The number of sulfonamides is 1. The second-order valence-corrected chi connectivity index (χ2v) is 6.56. The summed E-state index contributed by atoms with van der Waals surface area (Å²) in [6.07, 6.45) is 1.89. The molecule has 1 aliphatic rings. The molecule has 0 radical (unpaired) electrons. The van der Waals surface area contributed by atoms with Crippen LogP contribution in [0.15, 0.2) is 29.2 Å². The van der Waals surface area contributed by atoms with Gasteiger partial charge in [-0.15, -0.1) is 0 Å². The van der Waals surface area contributed by atoms with Crippen LogP contribution in [-0.2, 0) is 10.0 Å². The molecule has 1 saturated heterocycles. The van der Waals surface area contributed by atoms with Crippen LogP contribution in [0.1, 0.15) is 12.8 Å². The Bertz CT molecular complexity index is 565. The minimum atomic E-state index is -3.60. The van der Waals surface area contributed by atoms with E-state index >= 15 is 0 Å². The lowest BCUT2D eigenvalue weighted by molar-refractivity contribution is -0.384. The molecule has 0 saturated carbocycles. The Labute approximate surface area is 117 Å². The molecule has 0 amide bonds. The molecule has 0 unspecified atom stereocenters. The second kappa shape index (κ2) is 6.29. The highest BCUT2D eigenvalue weighted by atomic mass is 32.2. The van der Waals surface area contributed by atoms with Crippen molar-refractivity contribution in [1.82, 2.24) is 10.0 Å². The first-order valence-electron chi connectivity index (χ1n) is 6.44. The highest BCUT2D eigenvalue weighted by Crippen LogP contribution is 2.16. The number of hydrogen-bond donors (Lipinski definition) is 2. The van der Waals surface area contributed by atoms with E-state index in [1.807, 2.05) is 0 Å². The number of nitro groups is 1. The van der Waals surface area contributed by atoms with Crippen molar-refractivity contribution in [1.29, 1.82) is 0 Å². The van der Waals surface area contributed by atoms with Gasteiger partial charge >= 0.3 is 0 Å². The zero-order chi connectivity index (χ0) is 14.6. The topological polar surface area (TPSA) is 101 Å². The summed E-state index contributed by atoms with van der Waals surface area (Å²) in [5.74, 6) is 0.337. The quantitative estimate of drug-likeness (QED) is 0.620. The lowest BCUT2D eigenvalue weighted by atomic mass is 9.99. The zero-order valence-corrected chi connectivity index (χ0v) is 11.7. The molecular weight excluding hydrogens is 282 g/mol. The van der Waals surface area contributed by atoms with E-state index in [2.05, 4.69) is 10.0 Å². The van der Waals surface area contributed by atoms with Crippen molar-refractivity contribution in [3.8, 4) is 0 Å². The summed E-state index contributed by atoms with van der Waals surface area (Å²) in [4.78, 5) is 10.0. The van der Waals surface area contributed by atoms with E-state index in [1.54, 1.807) is 0 Å². The van der Waals surface area contributed by atoms with Crippen molar-refractivity contribution in [2.45, 2.75) is 17.7 Å². The fourth-order valence-electron chi connectivity index (χ4n) is 2.14. The normalized spacial score (nSPS) is 17.0. The SMILES string of the molecule is O=[N+]([O-])c1ccc(S(=O)(=O)NCC2CCNCC2)cc1. The van der Waals surface area contributed by atoms with Crippen LogP contribution in [0.5, 0.6) is 0 Å². The number of benzene rings is 1. The summed E-state index contributed by atoms with van der Waals surface area (Å²) in [5, 5.41) is 13.7. The van der Waals surface area contributed by atoms with Crippen molar-refractivity contribution in [3.05, 3.63) is 34.4 Å². The molecule has 0 aromatic heterocycles. The lowest BCUT2D eigenvalue weighted by Gasteiger charge is -2.22. The van der Waals surface area contributed by atoms with Crippen molar-refractivity contribution in [2.24, 2.45) is 5.92 Å². The van der Waals surface area contributed by atoms with Crippen LogP contribution < -0.4 is 10.0 Å². The summed E-state index contributed by atoms with van der Waals surface area (Å²) in [6, 6.07) is 4.89. The maximum absolute atomic E-state index is 12.1. The molecule has 1 aromatic rings. The second-order valence-electron chi connectivity index (χ2n) is 4.80. The first kappa shape index (κ1) is 14.9. The van der Waals surface area contributed by atoms with Gasteiger partial charge < -0.3 is 5.32 Å². The maximum atomic E-state index is 12.1. The van der Waals surface area contributed by atoms with E-state index in [-0.39, 0.29) is 10.6 Å². The molecule has 8 heteroatoms. The van der Waals surface area contributed by atoms with Crippen LogP contribution in [0.3, 0.4) is 0 Å². The smallest absolute Gasteiger partial charge is 0.269 e. The van der Waals surface area contributed by atoms with Crippen molar-refractivity contribution >= 4 is 15.7 Å². The van der Waals surface area contributed by atoms with E-state index in [0.29, 0.717) is 12.5 Å². The Morgan fingerprint density at radius 2 is 1.85 bits per heavy atom. The van der Waals surface area contributed by atoms with E-state index in [9.17, 15) is 18.5 Å². The summed E-state index contributed by atoms with van der Waals surface area (Å²) < 4.78 is 26.7. The predicted octanol–water partition coefficient (Wildman–Crippen LogP) is 0.873. The molecule has 7 nitrogen and oxygen atoms in total. The van der Waals surface area contributed by atoms with Gasteiger partial charge in [0.25, 0.3) is 5.69 Å². The number of rotatable bonds is 5. The third-order valence-electron chi connectivity index (χ3n) is 3.38. The number of non-ortho nitro benzene ring substituents is 1. The van der Waals surface area contributed by atoms with E-state index in [4.69, 9.17) is 0 Å². The van der Waals surface area contributed by atoms with E-state index in [1.165, 1.54) is 24.3 Å². The molecule has 0 spiro atoms. The molecule has 2 rings (SSSR count). The predicted molar refractivity (Wildman–Crippen MR) is 73.9 cm³/mol. The molecule has 110 valence electrons. The van der Waals surface area contributed by atoms with Crippen LogP contribution in [-0.4, -0.2) is 33.0 Å². The minimum Gasteiger partial charge on any atom is -0.317 e. The Balaban J connectivity index is 2.00. The number of hydrogen-bond acceptors (Lipinski definition) is 5. The number of nitrogens with zero attached hydrogens (tertiary/aromatic N) is 1. The number of nitrogens with one attached hydrogen (secondary N) is 2. The van der Waals surface area contributed by atoms with Crippen molar-refractivity contribution in [3.63, 3.8) is 0 Å². The summed E-state index contributed by atoms with van der Waals surface area (Å²) in [5.41, 5.74) is -0.123.